The van der Waals surface area contributed by atoms with Crippen molar-refractivity contribution in [1.82, 2.24) is 9.78 Å². The minimum atomic E-state index is -0.276. The molecule has 0 spiro atoms. The molecule has 0 unspecified atom stereocenters. The van der Waals surface area contributed by atoms with E-state index in [4.69, 9.17) is 9.47 Å². The summed E-state index contributed by atoms with van der Waals surface area (Å²) < 4.78 is 11.9. The predicted octanol–water partition coefficient (Wildman–Crippen LogP) is 1.04. The van der Waals surface area contributed by atoms with Crippen molar-refractivity contribution in [3.05, 3.63) is 12.3 Å². The van der Waals surface area contributed by atoms with Crippen molar-refractivity contribution >= 4 is 11.8 Å². The van der Waals surface area contributed by atoms with E-state index in [1.54, 1.807) is 7.11 Å². The highest BCUT2D eigenvalue weighted by molar-refractivity contribution is 5.80. The molecule has 0 radical (unpaired) electrons. The van der Waals surface area contributed by atoms with Gasteiger partial charge in [0, 0.05) is 38.9 Å². The number of cyclic esters (lactones) is 1. The lowest BCUT2D eigenvalue weighted by Gasteiger charge is -2.06. The zero-order chi connectivity index (χ0) is 13.0. The van der Waals surface area contributed by atoms with Crippen LogP contribution in [0.4, 0.5) is 5.82 Å². The second kappa shape index (κ2) is 5.86. The topological polar surface area (TPSA) is 65.4 Å². The van der Waals surface area contributed by atoms with Crippen molar-refractivity contribution < 1.29 is 14.3 Å². The number of carbonyl (C=O) groups excluding carboxylic acids is 1. The number of anilines is 1. The van der Waals surface area contributed by atoms with E-state index in [1.807, 2.05) is 23.9 Å². The lowest BCUT2D eigenvalue weighted by atomic mass is 10.2. The fourth-order valence-electron chi connectivity index (χ4n) is 1.99. The summed E-state index contributed by atoms with van der Waals surface area (Å²) in [5.41, 5.74) is 0. The Morgan fingerprint density at radius 2 is 2.50 bits per heavy atom. The monoisotopic (exact) mass is 253 g/mol. The normalized spacial score (nSPS) is 23.1. The minimum Gasteiger partial charge on any atom is -0.461 e. The first-order chi connectivity index (χ1) is 8.69. The second-order valence-corrected chi connectivity index (χ2v) is 4.49. The molecule has 1 fully saturated rings. The summed E-state index contributed by atoms with van der Waals surface area (Å²) in [7, 11) is 1.68. The fraction of sp³-hybridized carbons (Fsp3) is 0.667. The summed E-state index contributed by atoms with van der Waals surface area (Å²) in [6.07, 6.45) is 3.48. The minimum absolute atomic E-state index is 0.0150. The first-order valence-corrected chi connectivity index (χ1v) is 6.18. The molecular weight excluding hydrogens is 234 g/mol. The van der Waals surface area contributed by atoms with Crippen LogP contribution < -0.4 is 5.32 Å². The van der Waals surface area contributed by atoms with Gasteiger partial charge in [0.05, 0.1) is 0 Å². The van der Waals surface area contributed by atoms with Crippen LogP contribution in [-0.4, -0.2) is 41.6 Å². The van der Waals surface area contributed by atoms with Crippen LogP contribution in [0, 0.1) is 0 Å². The SMILES string of the molecule is COCCCn1ccc(N[C@@H]2C[C@H](C)OC2=O)n1. The number of methoxy groups -OCH3 is 1. The Morgan fingerprint density at radius 3 is 3.17 bits per heavy atom. The van der Waals surface area contributed by atoms with Crippen molar-refractivity contribution in [3.63, 3.8) is 0 Å². The summed E-state index contributed by atoms with van der Waals surface area (Å²) >= 11 is 0. The summed E-state index contributed by atoms with van der Waals surface area (Å²) in [6.45, 7) is 3.42. The fourth-order valence-corrected chi connectivity index (χ4v) is 1.99. The highest BCUT2D eigenvalue weighted by Gasteiger charge is 2.31. The van der Waals surface area contributed by atoms with Gasteiger partial charge in [0.1, 0.15) is 18.0 Å². The first-order valence-electron chi connectivity index (χ1n) is 6.18. The summed E-state index contributed by atoms with van der Waals surface area (Å²) in [4.78, 5) is 11.5. The number of aromatic nitrogens is 2. The van der Waals surface area contributed by atoms with E-state index in [2.05, 4.69) is 10.4 Å². The molecule has 1 aromatic heterocycles. The molecule has 0 amide bonds. The van der Waals surface area contributed by atoms with Gasteiger partial charge in [-0.15, -0.1) is 0 Å². The van der Waals surface area contributed by atoms with Crippen LogP contribution in [0.15, 0.2) is 12.3 Å². The van der Waals surface area contributed by atoms with Gasteiger partial charge < -0.3 is 14.8 Å². The summed E-state index contributed by atoms with van der Waals surface area (Å²) in [6, 6.07) is 1.59. The quantitative estimate of drug-likeness (QED) is 0.606. The second-order valence-electron chi connectivity index (χ2n) is 4.49. The zero-order valence-electron chi connectivity index (χ0n) is 10.8. The number of nitrogens with one attached hydrogen (secondary N) is 1. The van der Waals surface area contributed by atoms with Gasteiger partial charge in [-0.1, -0.05) is 0 Å². The molecule has 18 heavy (non-hydrogen) atoms. The van der Waals surface area contributed by atoms with E-state index in [-0.39, 0.29) is 18.1 Å². The average molecular weight is 253 g/mol. The van der Waals surface area contributed by atoms with E-state index >= 15 is 0 Å². The van der Waals surface area contributed by atoms with Crippen molar-refractivity contribution in [3.8, 4) is 0 Å². The smallest absolute Gasteiger partial charge is 0.329 e. The third kappa shape index (κ3) is 3.22. The number of aryl methyl sites for hydroxylation is 1. The number of esters is 1. The molecule has 0 saturated carbocycles. The van der Waals surface area contributed by atoms with Crippen LogP contribution in [0.5, 0.6) is 0 Å². The Morgan fingerprint density at radius 1 is 1.67 bits per heavy atom. The predicted molar refractivity (Wildman–Crippen MR) is 66.3 cm³/mol. The lowest BCUT2D eigenvalue weighted by molar-refractivity contribution is -0.141. The first kappa shape index (κ1) is 12.9. The summed E-state index contributed by atoms with van der Waals surface area (Å²) in [5.74, 6) is 0.514. The van der Waals surface area contributed by atoms with Crippen LogP contribution >= 0.6 is 0 Å². The molecule has 6 heteroatoms. The maximum atomic E-state index is 11.5. The Kier molecular flexibility index (Phi) is 4.19. The largest absolute Gasteiger partial charge is 0.461 e. The van der Waals surface area contributed by atoms with E-state index in [0.29, 0.717) is 12.2 Å². The molecule has 2 heterocycles. The van der Waals surface area contributed by atoms with Crippen LogP contribution in [0.3, 0.4) is 0 Å². The number of hydrogen-bond acceptors (Lipinski definition) is 5. The van der Waals surface area contributed by atoms with E-state index in [1.165, 1.54) is 0 Å². The number of nitrogens with zero attached hydrogens (tertiary/aromatic N) is 2. The molecule has 100 valence electrons. The number of ether oxygens (including phenoxy) is 2. The zero-order valence-corrected chi connectivity index (χ0v) is 10.8. The molecule has 0 bridgehead atoms. The third-order valence-electron chi connectivity index (χ3n) is 2.87. The van der Waals surface area contributed by atoms with Gasteiger partial charge in [0.2, 0.25) is 0 Å². The van der Waals surface area contributed by atoms with Crippen molar-refractivity contribution in [2.45, 2.75) is 38.5 Å². The standard InChI is InChI=1S/C12H19N3O3/c1-9-8-10(12(16)18-9)13-11-4-6-15(14-11)5-3-7-17-2/h4,6,9-10H,3,5,7-8H2,1-2H3,(H,13,14)/t9-,10+/m0/s1. The van der Waals surface area contributed by atoms with Gasteiger partial charge in [-0.3, -0.25) is 4.68 Å². The molecule has 2 atom stereocenters. The highest BCUT2D eigenvalue weighted by atomic mass is 16.6. The number of rotatable bonds is 6. The Hall–Kier alpha value is -1.56. The van der Waals surface area contributed by atoms with E-state index < -0.39 is 0 Å². The molecule has 1 aliphatic heterocycles. The Labute approximate surface area is 106 Å². The van der Waals surface area contributed by atoms with E-state index in [9.17, 15) is 4.79 Å². The van der Waals surface area contributed by atoms with Crippen LogP contribution in [0.1, 0.15) is 19.8 Å². The molecule has 1 aliphatic rings. The highest BCUT2D eigenvalue weighted by Crippen LogP contribution is 2.18. The number of carbonyl (C=O) groups is 1. The van der Waals surface area contributed by atoms with Crippen molar-refractivity contribution in [1.29, 1.82) is 0 Å². The van der Waals surface area contributed by atoms with Crippen LogP contribution in [0.2, 0.25) is 0 Å². The van der Waals surface area contributed by atoms with Crippen molar-refractivity contribution in [2.75, 3.05) is 19.0 Å². The molecule has 1 saturated heterocycles. The van der Waals surface area contributed by atoms with Gasteiger partial charge in [-0.05, 0) is 13.3 Å². The molecule has 1 aromatic rings. The molecular formula is C12H19N3O3. The Bertz CT molecular complexity index is 405. The Balaban J connectivity index is 1.84. The van der Waals surface area contributed by atoms with Gasteiger partial charge in [0.25, 0.3) is 0 Å². The maximum absolute atomic E-state index is 11.5. The van der Waals surface area contributed by atoms with Crippen LogP contribution in [-0.2, 0) is 20.8 Å². The molecule has 6 nitrogen and oxygen atoms in total. The van der Waals surface area contributed by atoms with Gasteiger partial charge >= 0.3 is 5.97 Å². The van der Waals surface area contributed by atoms with Gasteiger partial charge in [0.15, 0.2) is 0 Å². The van der Waals surface area contributed by atoms with Gasteiger partial charge in [-0.2, -0.15) is 5.10 Å². The van der Waals surface area contributed by atoms with Crippen LogP contribution in [0.25, 0.3) is 0 Å². The maximum Gasteiger partial charge on any atom is 0.329 e. The van der Waals surface area contributed by atoms with Crippen molar-refractivity contribution in [2.24, 2.45) is 0 Å². The van der Waals surface area contributed by atoms with E-state index in [0.717, 1.165) is 19.6 Å². The molecule has 2 rings (SSSR count). The van der Waals surface area contributed by atoms with Gasteiger partial charge in [-0.25, -0.2) is 4.79 Å². The number of hydrogen-bond donors (Lipinski definition) is 1. The third-order valence-corrected chi connectivity index (χ3v) is 2.87. The molecule has 0 aromatic carbocycles. The molecule has 0 aliphatic carbocycles. The average Bonchev–Trinajstić information content (AvgIpc) is 2.88. The lowest BCUT2D eigenvalue weighted by Crippen LogP contribution is -2.24. The summed E-state index contributed by atoms with van der Waals surface area (Å²) in [5, 5.41) is 7.44. The molecule has 1 N–H and O–H groups in total.